The van der Waals surface area contributed by atoms with Gasteiger partial charge in [0.05, 0.1) is 23.0 Å². The van der Waals surface area contributed by atoms with Crippen LogP contribution < -0.4 is 15.7 Å². The molecule has 7 nitrogen and oxygen atoms in total. The molecule has 0 bridgehead atoms. The number of carbonyl (C=O) groups is 2. The van der Waals surface area contributed by atoms with Gasteiger partial charge in [-0.15, -0.1) is 0 Å². The highest BCUT2D eigenvalue weighted by molar-refractivity contribution is 5.91. The molecule has 1 aliphatic carbocycles. The van der Waals surface area contributed by atoms with Gasteiger partial charge in [-0.05, 0) is 48.9 Å². The lowest BCUT2D eigenvalue weighted by Gasteiger charge is -2.20. The standard InChI is InChI=1S/C23H26N4O3/c1-2-12-24-23(30)26-19(13-15-6-4-3-5-7-15)21-25-18-14-16(22(28)29)8-11-20(18)27(21)17-9-10-17/h3-8,11,14,17,19H,2,9-10,12-13H2,1H3,(H,28,29)(H2,24,26,30)/p-1/t19-/m0/s1. The molecule has 3 aromatic rings. The maximum absolute atomic E-state index is 12.5. The Kier molecular flexibility index (Phi) is 5.70. The zero-order valence-electron chi connectivity index (χ0n) is 16.9. The van der Waals surface area contributed by atoms with Crippen LogP contribution in [-0.4, -0.2) is 28.1 Å². The molecule has 0 saturated heterocycles. The summed E-state index contributed by atoms with van der Waals surface area (Å²) in [5, 5.41) is 17.2. The monoisotopic (exact) mass is 405 g/mol. The van der Waals surface area contributed by atoms with Crippen LogP contribution in [0.5, 0.6) is 0 Å². The van der Waals surface area contributed by atoms with Crippen LogP contribution >= 0.6 is 0 Å². The molecular weight excluding hydrogens is 380 g/mol. The number of imidazole rings is 1. The van der Waals surface area contributed by atoms with Gasteiger partial charge in [0.2, 0.25) is 0 Å². The molecule has 156 valence electrons. The van der Waals surface area contributed by atoms with Crippen LogP contribution in [0.4, 0.5) is 4.79 Å². The third kappa shape index (κ3) is 4.30. The third-order valence-electron chi connectivity index (χ3n) is 5.30. The average molecular weight is 405 g/mol. The number of hydrogen-bond acceptors (Lipinski definition) is 4. The zero-order chi connectivity index (χ0) is 21.1. The van der Waals surface area contributed by atoms with E-state index in [0.29, 0.717) is 24.5 Å². The van der Waals surface area contributed by atoms with Crippen LogP contribution in [0.3, 0.4) is 0 Å². The molecule has 1 atom stereocenters. The summed E-state index contributed by atoms with van der Waals surface area (Å²) in [5.41, 5.74) is 2.67. The van der Waals surface area contributed by atoms with Crippen LogP contribution in [-0.2, 0) is 6.42 Å². The van der Waals surface area contributed by atoms with Crippen molar-refractivity contribution in [2.45, 2.75) is 44.7 Å². The fraction of sp³-hybridized carbons (Fsp3) is 0.348. The Hall–Kier alpha value is -3.35. The maximum Gasteiger partial charge on any atom is 0.315 e. The number of urea groups is 1. The van der Waals surface area contributed by atoms with Crippen molar-refractivity contribution in [2.75, 3.05) is 6.54 Å². The minimum atomic E-state index is -1.22. The summed E-state index contributed by atoms with van der Waals surface area (Å²) in [6.45, 7) is 2.60. The molecule has 0 radical (unpaired) electrons. The first-order valence-corrected chi connectivity index (χ1v) is 10.4. The summed E-state index contributed by atoms with van der Waals surface area (Å²) in [4.78, 5) is 28.6. The Morgan fingerprint density at radius 3 is 2.63 bits per heavy atom. The Balaban J connectivity index is 1.75. The number of nitrogens with one attached hydrogen (secondary N) is 2. The minimum Gasteiger partial charge on any atom is -0.545 e. The molecule has 1 fully saturated rings. The van der Waals surface area contributed by atoms with Gasteiger partial charge in [0.25, 0.3) is 0 Å². The second-order valence-electron chi connectivity index (χ2n) is 7.70. The van der Waals surface area contributed by atoms with Crippen molar-refractivity contribution in [1.82, 2.24) is 20.2 Å². The minimum absolute atomic E-state index is 0.0998. The first kappa shape index (κ1) is 19.9. The zero-order valence-corrected chi connectivity index (χ0v) is 16.9. The Morgan fingerprint density at radius 2 is 1.97 bits per heavy atom. The van der Waals surface area contributed by atoms with Gasteiger partial charge in [0.15, 0.2) is 0 Å². The van der Waals surface area contributed by atoms with E-state index in [9.17, 15) is 14.7 Å². The van der Waals surface area contributed by atoms with Crippen LogP contribution in [0.1, 0.15) is 60.0 Å². The van der Waals surface area contributed by atoms with Crippen LogP contribution in [0.2, 0.25) is 0 Å². The van der Waals surface area contributed by atoms with Gasteiger partial charge < -0.3 is 25.1 Å². The van der Waals surface area contributed by atoms with Gasteiger partial charge in [-0.2, -0.15) is 0 Å². The molecule has 2 amide bonds. The van der Waals surface area contributed by atoms with Crippen molar-refractivity contribution in [2.24, 2.45) is 0 Å². The molecular formula is C23H25N4O3-. The summed E-state index contributed by atoms with van der Waals surface area (Å²) in [6, 6.07) is 14.6. The molecule has 1 aromatic heterocycles. The second-order valence-corrected chi connectivity index (χ2v) is 7.70. The molecule has 4 rings (SSSR count). The fourth-order valence-electron chi connectivity index (χ4n) is 3.71. The van der Waals surface area contributed by atoms with E-state index in [1.54, 1.807) is 18.2 Å². The Labute approximate surface area is 175 Å². The van der Waals surface area contributed by atoms with E-state index in [2.05, 4.69) is 15.2 Å². The van der Waals surface area contributed by atoms with Gasteiger partial charge in [-0.1, -0.05) is 43.3 Å². The second kappa shape index (κ2) is 8.57. The molecule has 0 unspecified atom stereocenters. The highest BCUT2D eigenvalue weighted by Crippen LogP contribution is 2.40. The van der Waals surface area contributed by atoms with Crippen molar-refractivity contribution >= 4 is 23.0 Å². The van der Waals surface area contributed by atoms with E-state index < -0.39 is 5.97 Å². The highest BCUT2D eigenvalue weighted by Gasteiger charge is 2.32. The SMILES string of the molecule is CCCNC(=O)N[C@@H](Cc1ccccc1)c1nc2cc(C(=O)[O-])ccc2n1C1CC1. The van der Waals surface area contributed by atoms with Crippen molar-refractivity contribution in [1.29, 1.82) is 0 Å². The summed E-state index contributed by atoms with van der Waals surface area (Å²) in [7, 11) is 0. The molecule has 7 heteroatoms. The number of rotatable bonds is 8. The number of aromatic nitrogens is 2. The van der Waals surface area contributed by atoms with Crippen LogP contribution in [0.15, 0.2) is 48.5 Å². The van der Waals surface area contributed by atoms with E-state index in [1.807, 2.05) is 37.3 Å². The first-order valence-electron chi connectivity index (χ1n) is 10.4. The molecule has 2 N–H and O–H groups in total. The Bertz CT molecular complexity index is 1060. The number of fused-ring (bicyclic) bond motifs is 1. The smallest absolute Gasteiger partial charge is 0.315 e. The quantitative estimate of drug-likeness (QED) is 0.602. The van der Waals surface area contributed by atoms with Crippen molar-refractivity contribution < 1.29 is 14.7 Å². The van der Waals surface area contributed by atoms with E-state index in [1.165, 1.54) is 0 Å². The van der Waals surface area contributed by atoms with E-state index in [0.717, 1.165) is 36.2 Å². The average Bonchev–Trinajstić information content (AvgIpc) is 3.51. The van der Waals surface area contributed by atoms with E-state index >= 15 is 0 Å². The number of aromatic carboxylic acids is 1. The number of carboxylic acids is 1. The lowest BCUT2D eigenvalue weighted by Crippen LogP contribution is -2.40. The number of hydrogen-bond donors (Lipinski definition) is 2. The number of benzene rings is 2. The summed E-state index contributed by atoms with van der Waals surface area (Å²) >= 11 is 0. The van der Waals surface area contributed by atoms with Gasteiger partial charge in [0, 0.05) is 12.6 Å². The number of carboxylic acid groups (broad SMARTS) is 1. The van der Waals surface area contributed by atoms with Crippen LogP contribution in [0.25, 0.3) is 11.0 Å². The maximum atomic E-state index is 12.5. The molecule has 0 aliphatic heterocycles. The molecule has 2 aromatic carbocycles. The van der Waals surface area contributed by atoms with Crippen molar-refractivity contribution in [3.05, 3.63) is 65.5 Å². The van der Waals surface area contributed by atoms with E-state index in [-0.39, 0.29) is 17.6 Å². The number of nitrogens with zero attached hydrogens (tertiary/aromatic N) is 2. The normalized spacial score (nSPS) is 14.4. The lowest BCUT2D eigenvalue weighted by atomic mass is 10.1. The summed E-state index contributed by atoms with van der Waals surface area (Å²) in [5.74, 6) is -0.476. The van der Waals surface area contributed by atoms with Gasteiger partial charge >= 0.3 is 6.03 Å². The fourth-order valence-corrected chi connectivity index (χ4v) is 3.71. The number of carbonyl (C=O) groups excluding carboxylic acids is 2. The molecule has 1 saturated carbocycles. The van der Waals surface area contributed by atoms with E-state index in [4.69, 9.17) is 4.98 Å². The van der Waals surface area contributed by atoms with Crippen molar-refractivity contribution in [3.8, 4) is 0 Å². The van der Waals surface area contributed by atoms with Gasteiger partial charge in [-0.3, -0.25) is 0 Å². The Morgan fingerprint density at radius 1 is 1.20 bits per heavy atom. The van der Waals surface area contributed by atoms with Gasteiger partial charge in [0.1, 0.15) is 5.82 Å². The third-order valence-corrected chi connectivity index (χ3v) is 5.30. The topological polar surface area (TPSA) is 99.1 Å². The first-order chi connectivity index (χ1) is 14.6. The largest absolute Gasteiger partial charge is 0.545 e. The summed E-state index contributed by atoms with van der Waals surface area (Å²) in [6.07, 6.45) is 3.52. The number of amides is 2. The van der Waals surface area contributed by atoms with Crippen LogP contribution in [0, 0.1) is 0 Å². The lowest BCUT2D eigenvalue weighted by molar-refractivity contribution is -0.255. The highest BCUT2D eigenvalue weighted by atomic mass is 16.4. The molecule has 1 aliphatic rings. The molecule has 0 spiro atoms. The molecule has 1 heterocycles. The van der Waals surface area contributed by atoms with Gasteiger partial charge in [-0.25, -0.2) is 9.78 Å². The predicted octanol–water partition coefficient (Wildman–Crippen LogP) is 2.73. The summed E-state index contributed by atoms with van der Waals surface area (Å²) < 4.78 is 2.15. The van der Waals surface area contributed by atoms with Crippen molar-refractivity contribution in [3.63, 3.8) is 0 Å². The molecule has 30 heavy (non-hydrogen) atoms. The predicted molar refractivity (Wildman–Crippen MR) is 112 cm³/mol.